The van der Waals surface area contributed by atoms with E-state index in [9.17, 15) is 4.79 Å². The third-order valence-corrected chi connectivity index (χ3v) is 6.45. The van der Waals surface area contributed by atoms with Crippen molar-refractivity contribution in [3.05, 3.63) is 71.5 Å². The van der Waals surface area contributed by atoms with Gasteiger partial charge in [0.25, 0.3) is 5.91 Å². The van der Waals surface area contributed by atoms with E-state index in [4.69, 9.17) is 10.5 Å². The number of anilines is 1. The van der Waals surface area contributed by atoms with Gasteiger partial charge in [-0.2, -0.15) is 0 Å². The summed E-state index contributed by atoms with van der Waals surface area (Å²) in [4.78, 5) is 17.8. The molecule has 1 unspecified atom stereocenters. The third-order valence-electron chi connectivity index (χ3n) is 6.45. The molecular formula is C26H28N6O2. The number of para-hydroxylation sites is 1. The molecule has 0 saturated heterocycles. The number of hydrogen-bond acceptors (Lipinski definition) is 6. The first-order chi connectivity index (χ1) is 16.6. The van der Waals surface area contributed by atoms with Gasteiger partial charge in [0.15, 0.2) is 11.3 Å². The van der Waals surface area contributed by atoms with Crippen molar-refractivity contribution < 1.29 is 9.53 Å². The highest BCUT2D eigenvalue weighted by Gasteiger charge is 2.29. The van der Waals surface area contributed by atoms with Crippen LogP contribution in [-0.4, -0.2) is 52.2 Å². The normalized spacial score (nSPS) is 14.5. The summed E-state index contributed by atoms with van der Waals surface area (Å²) in [6, 6.07) is 15.9. The average molecular weight is 457 g/mol. The number of nitrogens with two attached hydrogens (primary N) is 1. The highest BCUT2D eigenvalue weighted by molar-refractivity contribution is 6.10. The molecule has 1 aliphatic heterocycles. The minimum absolute atomic E-state index is 0.161. The number of hydrogen-bond donors (Lipinski definition) is 3. The molecule has 2 aromatic carbocycles. The lowest BCUT2D eigenvalue weighted by Crippen LogP contribution is -2.27. The number of amides is 1. The predicted molar refractivity (Wildman–Crippen MR) is 133 cm³/mol. The van der Waals surface area contributed by atoms with Gasteiger partial charge in [-0.05, 0) is 36.9 Å². The summed E-state index contributed by atoms with van der Waals surface area (Å²) in [5, 5.41) is 12.9. The van der Waals surface area contributed by atoms with Crippen molar-refractivity contribution in [2.75, 3.05) is 31.6 Å². The number of aromatic amines is 1. The van der Waals surface area contributed by atoms with Crippen molar-refractivity contribution in [3.8, 4) is 16.9 Å². The summed E-state index contributed by atoms with van der Waals surface area (Å²) in [5.41, 5.74) is 11.0. The van der Waals surface area contributed by atoms with E-state index in [1.165, 1.54) is 0 Å². The van der Waals surface area contributed by atoms with Crippen molar-refractivity contribution in [2.24, 2.45) is 5.73 Å². The van der Waals surface area contributed by atoms with E-state index in [0.29, 0.717) is 17.8 Å². The maximum atomic E-state index is 12.2. The lowest BCUT2D eigenvalue weighted by atomic mass is 9.95. The Morgan fingerprint density at radius 2 is 1.85 bits per heavy atom. The van der Waals surface area contributed by atoms with Crippen molar-refractivity contribution in [1.82, 2.24) is 20.1 Å². The number of primary amides is 1. The summed E-state index contributed by atoms with van der Waals surface area (Å²) in [6.07, 6.45) is 1.92. The van der Waals surface area contributed by atoms with Gasteiger partial charge >= 0.3 is 0 Å². The third kappa shape index (κ3) is 3.86. The van der Waals surface area contributed by atoms with Gasteiger partial charge in [0.1, 0.15) is 12.4 Å². The fourth-order valence-electron chi connectivity index (χ4n) is 4.61. The first-order valence-electron chi connectivity index (χ1n) is 11.6. The molecule has 34 heavy (non-hydrogen) atoms. The number of likely N-dealkylation sites (N-methyl/N-ethyl adjacent to an activating group) is 1. The van der Waals surface area contributed by atoms with Crippen LogP contribution in [0.3, 0.4) is 0 Å². The number of carbonyl (C=O) groups is 1. The van der Waals surface area contributed by atoms with Crippen LogP contribution in [0.4, 0.5) is 5.69 Å². The molecule has 1 aliphatic rings. The smallest absolute Gasteiger partial charge is 0.269 e. The second-order valence-corrected chi connectivity index (χ2v) is 8.32. The predicted octanol–water partition coefficient (Wildman–Crippen LogP) is 3.96. The van der Waals surface area contributed by atoms with Gasteiger partial charge in [-0.25, -0.2) is 0 Å². The summed E-state index contributed by atoms with van der Waals surface area (Å²) in [5.74, 6) is 0.238. The molecule has 0 bridgehead atoms. The molecular weight excluding hydrogens is 428 g/mol. The summed E-state index contributed by atoms with van der Waals surface area (Å²) in [7, 11) is 0. The van der Waals surface area contributed by atoms with Crippen LogP contribution in [0.1, 0.15) is 41.5 Å². The van der Waals surface area contributed by atoms with E-state index >= 15 is 0 Å². The molecule has 4 aromatic rings. The number of nitrogens with one attached hydrogen (secondary N) is 2. The van der Waals surface area contributed by atoms with Crippen LogP contribution in [0.25, 0.3) is 22.2 Å². The molecule has 174 valence electrons. The molecule has 1 atom stereocenters. The minimum Gasteiger partial charge on any atom is -0.492 e. The number of H-pyrrole nitrogens is 1. The molecule has 3 heterocycles. The lowest BCUT2D eigenvalue weighted by Gasteiger charge is -2.20. The molecule has 0 saturated carbocycles. The van der Waals surface area contributed by atoms with E-state index in [0.717, 1.165) is 53.1 Å². The van der Waals surface area contributed by atoms with Crippen LogP contribution < -0.4 is 15.8 Å². The molecule has 0 aliphatic carbocycles. The molecule has 4 N–H and O–H groups in total. The van der Waals surface area contributed by atoms with Gasteiger partial charge < -0.3 is 25.7 Å². The average Bonchev–Trinajstić information content (AvgIpc) is 3.23. The van der Waals surface area contributed by atoms with Crippen LogP contribution >= 0.6 is 0 Å². The maximum Gasteiger partial charge on any atom is 0.269 e. The Bertz CT molecular complexity index is 1330. The fraction of sp³-hybridized carbons (Fsp3) is 0.269. The summed E-state index contributed by atoms with van der Waals surface area (Å²) in [6.45, 7) is 7.90. The van der Waals surface area contributed by atoms with Gasteiger partial charge in [-0.15, -0.1) is 10.2 Å². The highest BCUT2D eigenvalue weighted by Crippen LogP contribution is 2.44. The molecule has 0 spiro atoms. The topological polar surface area (TPSA) is 109 Å². The Labute approximate surface area is 198 Å². The molecule has 8 heteroatoms. The number of carbonyl (C=O) groups excluding carboxylic acids is 1. The van der Waals surface area contributed by atoms with Crippen molar-refractivity contribution >= 4 is 22.6 Å². The van der Waals surface area contributed by atoms with Gasteiger partial charge in [0, 0.05) is 40.5 Å². The van der Waals surface area contributed by atoms with Crippen molar-refractivity contribution in [2.45, 2.75) is 19.9 Å². The Morgan fingerprint density at radius 3 is 2.59 bits per heavy atom. The van der Waals surface area contributed by atoms with E-state index < -0.39 is 5.91 Å². The molecule has 8 nitrogen and oxygen atoms in total. The number of aromatic nitrogens is 3. The van der Waals surface area contributed by atoms with Crippen molar-refractivity contribution in [1.29, 1.82) is 0 Å². The van der Waals surface area contributed by atoms with Crippen LogP contribution in [0.5, 0.6) is 5.75 Å². The zero-order valence-corrected chi connectivity index (χ0v) is 19.3. The van der Waals surface area contributed by atoms with Gasteiger partial charge in [0.2, 0.25) is 0 Å². The van der Waals surface area contributed by atoms with Crippen LogP contribution in [0, 0.1) is 0 Å². The number of nitrogens with zero attached hydrogens (tertiary/aromatic N) is 3. The largest absolute Gasteiger partial charge is 0.492 e. The first kappa shape index (κ1) is 21.9. The number of benzene rings is 2. The molecule has 2 aromatic heterocycles. The highest BCUT2D eigenvalue weighted by atomic mass is 16.5. The maximum absolute atomic E-state index is 12.2. The number of rotatable bonds is 8. The van der Waals surface area contributed by atoms with Gasteiger partial charge in [0.05, 0.1) is 6.04 Å². The Morgan fingerprint density at radius 1 is 1.09 bits per heavy atom. The number of ether oxygens (including phenoxy) is 1. The van der Waals surface area contributed by atoms with Gasteiger partial charge in [-0.3, -0.25) is 4.79 Å². The lowest BCUT2D eigenvalue weighted by molar-refractivity contribution is 0.0995. The Kier molecular flexibility index (Phi) is 5.90. The molecule has 0 fully saturated rings. The van der Waals surface area contributed by atoms with E-state index in [1.807, 2.05) is 42.6 Å². The zero-order chi connectivity index (χ0) is 23.7. The van der Waals surface area contributed by atoms with Gasteiger partial charge in [-0.1, -0.05) is 44.2 Å². The second-order valence-electron chi connectivity index (χ2n) is 8.32. The van der Waals surface area contributed by atoms with E-state index in [-0.39, 0.29) is 11.7 Å². The fourth-order valence-corrected chi connectivity index (χ4v) is 4.61. The molecule has 1 amide bonds. The van der Waals surface area contributed by atoms with Crippen LogP contribution in [0.2, 0.25) is 0 Å². The van der Waals surface area contributed by atoms with E-state index in [1.54, 1.807) is 0 Å². The Balaban J connectivity index is 1.52. The molecule has 0 radical (unpaired) electrons. The number of fused-ring (bicyclic) bond motifs is 2. The summed E-state index contributed by atoms with van der Waals surface area (Å²) < 4.78 is 5.97. The zero-order valence-electron chi connectivity index (χ0n) is 19.3. The molecule has 5 rings (SSSR count). The Hall–Kier alpha value is -3.91. The first-order valence-corrected chi connectivity index (χ1v) is 11.6. The van der Waals surface area contributed by atoms with Crippen LogP contribution in [-0.2, 0) is 0 Å². The monoisotopic (exact) mass is 456 g/mol. The standard InChI is InChI=1S/C26H28N6O2/c1-3-32(4-2)13-14-34-17-11-9-16(10-12-17)23-19-15-28-26-22(19)21(24(25(27)33)30-31-26)18-7-5-6-8-20(18)29-23/h5-12,15,23,29H,3-4,13-14H2,1-2H3,(H2,27,33)(H,28,31). The van der Waals surface area contributed by atoms with E-state index in [2.05, 4.69) is 51.4 Å². The van der Waals surface area contributed by atoms with Crippen molar-refractivity contribution in [3.63, 3.8) is 0 Å². The van der Waals surface area contributed by atoms with Crippen LogP contribution in [0.15, 0.2) is 54.7 Å². The summed E-state index contributed by atoms with van der Waals surface area (Å²) >= 11 is 0. The quantitative estimate of drug-likeness (QED) is 0.370. The second kappa shape index (κ2) is 9.15. The minimum atomic E-state index is -0.601. The SMILES string of the molecule is CCN(CC)CCOc1ccc(C2Nc3ccccc3-c3c(C(N)=O)nnc4[nH]cc2c34)cc1.